The third kappa shape index (κ3) is 6.99. The second-order valence-electron chi connectivity index (χ2n) is 24.5. The Bertz CT molecular complexity index is 3240. The molecule has 0 saturated heterocycles. The lowest BCUT2D eigenvalue weighted by molar-refractivity contribution is 0.332. The minimum Gasteiger partial charge on any atom is -0.468 e. The molecule has 3 heterocycles. The molecule has 0 spiro atoms. The summed E-state index contributed by atoms with van der Waals surface area (Å²) in [5.74, 6) is 0. The van der Waals surface area contributed by atoms with Gasteiger partial charge in [0.25, 0.3) is 6.71 Å². The molecule has 0 unspecified atom stereocenters. The Balaban J connectivity index is 1.33. The highest BCUT2D eigenvalue weighted by molar-refractivity contribution is 7.00. The van der Waals surface area contributed by atoms with Crippen molar-refractivity contribution in [1.29, 1.82) is 0 Å². The van der Waals surface area contributed by atoms with Crippen LogP contribution in [-0.4, -0.2) is 6.71 Å². The minimum absolute atomic E-state index is 0.0473. The summed E-state index contributed by atoms with van der Waals surface area (Å²) in [6, 6.07) is 55.6. The van der Waals surface area contributed by atoms with Crippen LogP contribution in [0.15, 0.2) is 150 Å². The minimum atomic E-state index is -0.171. The average molecular weight is 891 g/mol. The van der Waals surface area contributed by atoms with Gasteiger partial charge in [-0.2, -0.15) is 0 Å². The van der Waals surface area contributed by atoms with Crippen molar-refractivity contribution in [2.45, 2.75) is 130 Å². The maximum Gasteiger partial charge on any atom is 0.297 e. The molecule has 3 aliphatic rings. The summed E-state index contributed by atoms with van der Waals surface area (Å²) in [5.41, 5.74) is 22.9. The number of furan rings is 1. The van der Waals surface area contributed by atoms with Crippen LogP contribution in [0.3, 0.4) is 0 Å². The summed E-state index contributed by atoms with van der Waals surface area (Å²) < 4.78 is 7.54. The van der Waals surface area contributed by atoms with Crippen molar-refractivity contribution in [1.82, 2.24) is 0 Å². The normalized spacial score (nSPS) is 16.0. The van der Waals surface area contributed by atoms with E-state index >= 15 is 0 Å². The molecule has 7 aromatic carbocycles. The first-order valence-electron chi connectivity index (χ1n) is 25.0. The number of hydrogen-bond donors (Lipinski definition) is 0. The SMILES string of the molecule is CC(C)(C)c1ccc2c(c1)B1c3oc4ccc(C(C)(C)C)cc4c3N(c3c(-c4ccccc4)cccc3-c3ccccc3)c3cc(C(C)(C)C)cc(c31)N2c1ccc2c(c1)C(C)(C)CCC2(C)C. The van der Waals surface area contributed by atoms with E-state index in [-0.39, 0.29) is 33.8 Å². The van der Waals surface area contributed by atoms with Crippen LogP contribution in [0, 0.1) is 0 Å². The third-order valence-corrected chi connectivity index (χ3v) is 15.8. The van der Waals surface area contributed by atoms with Gasteiger partial charge < -0.3 is 14.2 Å². The quantitative estimate of drug-likeness (QED) is 0.164. The van der Waals surface area contributed by atoms with Gasteiger partial charge in [-0.1, -0.05) is 193 Å². The number of fused-ring (bicyclic) bond motifs is 7. The molecule has 342 valence electrons. The Kier molecular flexibility index (Phi) is 9.84. The molecule has 0 N–H and O–H groups in total. The standard InChI is InChI=1S/C64H67BN2O/c1-60(2,3)42-28-32-55-48(35-42)58-59(68-55)65-51-36-43(61(4,5)6)27-31-52(51)66(45-29-30-49-50(39-45)64(12,13)34-33-63(49,10)11)53-37-44(62(7,8)9)38-54(56(53)65)67(58)57-46(40-21-16-14-17-22-40)25-20-26-47(57)41-23-18-15-19-24-41/h14-32,35-39H,33-34H2,1-13H3. The Morgan fingerprint density at radius 1 is 0.471 bits per heavy atom. The van der Waals surface area contributed by atoms with Crippen LogP contribution in [0.2, 0.25) is 0 Å². The first kappa shape index (κ1) is 44.3. The summed E-state index contributed by atoms with van der Waals surface area (Å²) in [6.45, 7) is 30.7. The second-order valence-corrected chi connectivity index (χ2v) is 24.5. The number of hydrogen-bond acceptors (Lipinski definition) is 3. The molecule has 0 fully saturated rings. The maximum absolute atomic E-state index is 7.54. The molecule has 68 heavy (non-hydrogen) atoms. The molecule has 11 rings (SSSR count). The van der Waals surface area contributed by atoms with Crippen molar-refractivity contribution in [2.75, 3.05) is 9.80 Å². The lowest BCUT2D eigenvalue weighted by Crippen LogP contribution is -2.61. The molecule has 0 atom stereocenters. The molecule has 0 radical (unpaired) electrons. The molecule has 3 nitrogen and oxygen atoms in total. The zero-order valence-corrected chi connectivity index (χ0v) is 42.7. The van der Waals surface area contributed by atoms with Gasteiger partial charge in [-0.05, 0) is 132 Å². The lowest BCUT2D eigenvalue weighted by atomic mass is 9.35. The Morgan fingerprint density at radius 2 is 1.01 bits per heavy atom. The lowest BCUT2D eigenvalue weighted by Gasteiger charge is -2.45. The van der Waals surface area contributed by atoms with Crippen molar-refractivity contribution >= 4 is 68.4 Å². The van der Waals surface area contributed by atoms with Crippen molar-refractivity contribution in [3.63, 3.8) is 0 Å². The van der Waals surface area contributed by atoms with Crippen LogP contribution < -0.4 is 26.4 Å². The van der Waals surface area contributed by atoms with E-state index in [0.29, 0.717) is 0 Å². The zero-order chi connectivity index (χ0) is 47.9. The fourth-order valence-electron chi connectivity index (χ4n) is 11.6. The zero-order valence-electron chi connectivity index (χ0n) is 42.7. The number of anilines is 6. The Morgan fingerprint density at radius 3 is 1.60 bits per heavy atom. The average Bonchev–Trinajstić information content (AvgIpc) is 3.68. The number of benzene rings is 7. The summed E-state index contributed by atoms with van der Waals surface area (Å²) in [5, 5.41) is 1.14. The highest BCUT2D eigenvalue weighted by atomic mass is 16.3. The van der Waals surface area contributed by atoms with Crippen LogP contribution in [0.1, 0.15) is 131 Å². The molecule has 0 amide bonds. The molecule has 0 bridgehead atoms. The van der Waals surface area contributed by atoms with Crippen LogP contribution in [-0.2, 0) is 27.1 Å². The molecule has 1 aliphatic carbocycles. The van der Waals surface area contributed by atoms with E-state index < -0.39 is 0 Å². The van der Waals surface area contributed by atoms with E-state index in [1.165, 1.54) is 90.2 Å². The Labute approximate surface area is 406 Å². The number of rotatable bonds is 4. The van der Waals surface area contributed by atoms with Crippen molar-refractivity contribution in [2.24, 2.45) is 0 Å². The number of nitrogens with zero attached hydrogens (tertiary/aromatic N) is 2. The fraction of sp³-hybridized carbons (Fsp3) is 0.312. The summed E-state index contributed by atoms with van der Waals surface area (Å²) in [4.78, 5) is 5.26. The molecule has 8 aromatic rings. The third-order valence-electron chi connectivity index (χ3n) is 15.8. The first-order valence-corrected chi connectivity index (χ1v) is 25.0. The highest BCUT2D eigenvalue weighted by Crippen LogP contribution is 2.54. The van der Waals surface area contributed by atoms with Crippen molar-refractivity contribution < 1.29 is 4.42 Å². The van der Waals surface area contributed by atoms with Gasteiger partial charge in [0.05, 0.1) is 17.0 Å². The van der Waals surface area contributed by atoms with Crippen LogP contribution >= 0.6 is 0 Å². The monoisotopic (exact) mass is 891 g/mol. The molecule has 0 saturated carbocycles. The molecular weight excluding hydrogens is 824 g/mol. The van der Waals surface area contributed by atoms with E-state index in [1.54, 1.807) is 0 Å². The van der Waals surface area contributed by atoms with Gasteiger partial charge in [0.2, 0.25) is 0 Å². The van der Waals surface area contributed by atoms with Crippen molar-refractivity contribution in [3.8, 4) is 22.3 Å². The van der Waals surface area contributed by atoms with Crippen molar-refractivity contribution in [3.05, 3.63) is 173 Å². The van der Waals surface area contributed by atoms with E-state index in [1.807, 2.05) is 0 Å². The van der Waals surface area contributed by atoms with Crippen LogP contribution in [0.25, 0.3) is 33.2 Å². The van der Waals surface area contributed by atoms with Gasteiger partial charge in [-0.25, -0.2) is 0 Å². The van der Waals surface area contributed by atoms with Crippen LogP contribution in [0.5, 0.6) is 0 Å². The maximum atomic E-state index is 7.54. The van der Waals surface area contributed by atoms with E-state index in [9.17, 15) is 0 Å². The summed E-state index contributed by atoms with van der Waals surface area (Å²) in [7, 11) is 0. The van der Waals surface area contributed by atoms with Gasteiger partial charge in [-0.3, -0.25) is 0 Å². The largest absolute Gasteiger partial charge is 0.468 e. The van der Waals surface area contributed by atoms with E-state index in [4.69, 9.17) is 4.42 Å². The van der Waals surface area contributed by atoms with Gasteiger partial charge >= 0.3 is 0 Å². The van der Waals surface area contributed by atoms with Gasteiger partial charge in [0.1, 0.15) is 5.58 Å². The molecule has 1 aromatic heterocycles. The van der Waals surface area contributed by atoms with E-state index in [2.05, 4.69) is 245 Å². The molecule has 2 aliphatic heterocycles. The van der Waals surface area contributed by atoms with Gasteiger partial charge in [-0.15, -0.1) is 0 Å². The van der Waals surface area contributed by atoms with Gasteiger partial charge in [0, 0.05) is 39.3 Å². The molecular formula is C64H67BN2O. The smallest absolute Gasteiger partial charge is 0.297 e. The summed E-state index contributed by atoms with van der Waals surface area (Å²) in [6.07, 6.45) is 2.34. The first-order chi connectivity index (χ1) is 32.1. The predicted octanol–water partition coefficient (Wildman–Crippen LogP) is 16.1. The summed E-state index contributed by atoms with van der Waals surface area (Å²) >= 11 is 0. The second kappa shape index (κ2) is 15.1. The predicted molar refractivity (Wildman–Crippen MR) is 292 cm³/mol. The topological polar surface area (TPSA) is 19.6 Å². The highest BCUT2D eigenvalue weighted by Gasteiger charge is 2.49. The van der Waals surface area contributed by atoms with Gasteiger partial charge in [0.15, 0.2) is 0 Å². The molecule has 4 heteroatoms. The fourth-order valence-corrected chi connectivity index (χ4v) is 11.6. The van der Waals surface area contributed by atoms with E-state index in [0.717, 1.165) is 34.4 Å². The van der Waals surface area contributed by atoms with Crippen LogP contribution in [0.4, 0.5) is 34.1 Å². The number of para-hydroxylation sites is 1. The Hall–Kier alpha value is -6.26.